The van der Waals surface area contributed by atoms with E-state index in [0.29, 0.717) is 0 Å². The minimum Gasteiger partial charge on any atom is -0.302 e. The van der Waals surface area contributed by atoms with E-state index in [9.17, 15) is 0 Å². The molecule has 0 aromatic rings. The van der Waals surface area contributed by atoms with Crippen LogP contribution in [-0.4, -0.2) is 25.0 Å². The van der Waals surface area contributed by atoms with Crippen LogP contribution in [0.4, 0.5) is 0 Å². The van der Waals surface area contributed by atoms with Gasteiger partial charge in [0.25, 0.3) is 0 Å². The summed E-state index contributed by atoms with van der Waals surface area (Å²) in [6.07, 6.45) is 3.28. The Bertz CT molecular complexity index is 109. The molecule has 0 unspecified atom stereocenters. The van der Waals surface area contributed by atoms with Crippen molar-refractivity contribution < 1.29 is 0 Å². The Morgan fingerprint density at radius 3 is 2.88 bits per heavy atom. The predicted octanol–water partition coefficient (Wildman–Crippen LogP) is 1.14. The third-order valence-electron chi connectivity index (χ3n) is 1.39. The average Bonchev–Trinajstić information content (AvgIpc) is 1.77. The van der Waals surface area contributed by atoms with Gasteiger partial charge in [-0.1, -0.05) is 6.08 Å². The van der Waals surface area contributed by atoms with E-state index in [2.05, 4.69) is 30.7 Å². The zero-order valence-electron chi connectivity index (χ0n) is 5.09. The highest BCUT2D eigenvalue weighted by Crippen LogP contribution is 2.11. The van der Waals surface area contributed by atoms with E-state index in [1.54, 1.807) is 0 Å². The minimum atomic E-state index is 1.07. The molecular formula is C6H11NS. The standard InChI is InChI=1S/C6H11NS/c1-7-4-2-6(8)3-5-7/h2,8H,3-5H2,1H3. The van der Waals surface area contributed by atoms with Gasteiger partial charge in [-0.2, -0.15) is 0 Å². The number of rotatable bonds is 0. The SMILES string of the molecule is CN1CC=C(S)CC1. The second-order valence-corrected chi connectivity index (χ2v) is 2.78. The zero-order chi connectivity index (χ0) is 5.98. The van der Waals surface area contributed by atoms with Gasteiger partial charge in [0.1, 0.15) is 0 Å². The molecule has 0 aliphatic carbocycles. The second-order valence-electron chi connectivity index (χ2n) is 2.21. The molecule has 1 rings (SSSR count). The molecule has 1 aliphatic heterocycles. The van der Waals surface area contributed by atoms with E-state index in [1.165, 1.54) is 4.91 Å². The largest absolute Gasteiger partial charge is 0.302 e. The van der Waals surface area contributed by atoms with Gasteiger partial charge in [0.2, 0.25) is 0 Å². The predicted molar refractivity (Wildman–Crippen MR) is 39.2 cm³/mol. The molecule has 0 bridgehead atoms. The first kappa shape index (κ1) is 6.17. The van der Waals surface area contributed by atoms with Gasteiger partial charge >= 0.3 is 0 Å². The third kappa shape index (κ3) is 1.53. The van der Waals surface area contributed by atoms with Gasteiger partial charge < -0.3 is 4.90 Å². The lowest BCUT2D eigenvalue weighted by atomic mass is 10.3. The molecule has 0 fully saturated rings. The highest BCUT2D eigenvalue weighted by molar-refractivity contribution is 7.84. The Morgan fingerprint density at radius 1 is 1.75 bits per heavy atom. The minimum absolute atomic E-state index is 1.07. The first-order chi connectivity index (χ1) is 3.79. The summed E-state index contributed by atoms with van der Waals surface area (Å²) in [4.78, 5) is 3.52. The van der Waals surface area contributed by atoms with Crippen LogP contribution in [0.3, 0.4) is 0 Å². The fraction of sp³-hybridized carbons (Fsp3) is 0.667. The van der Waals surface area contributed by atoms with Crippen molar-refractivity contribution >= 4 is 12.6 Å². The van der Waals surface area contributed by atoms with Crippen molar-refractivity contribution in [3.8, 4) is 0 Å². The Hall–Kier alpha value is 0.0500. The van der Waals surface area contributed by atoms with Gasteiger partial charge in [0.05, 0.1) is 0 Å². The fourth-order valence-electron chi connectivity index (χ4n) is 0.760. The molecule has 0 saturated carbocycles. The van der Waals surface area contributed by atoms with Crippen molar-refractivity contribution in [1.82, 2.24) is 4.90 Å². The molecule has 1 nitrogen and oxygen atoms in total. The molecule has 0 amide bonds. The number of hydrogen-bond donors (Lipinski definition) is 1. The summed E-state index contributed by atoms with van der Waals surface area (Å²) in [7, 11) is 2.12. The maximum Gasteiger partial charge on any atom is 0.0170 e. The highest BCUT2D eigenvalue weighted by Gasteiger charge is 2.02. The van der Waals surface area contributed by atoms with Gasteiger partial charge in [-0.25, -0.2) is 0 Å². The van der Waals surface area contributed by atoms with Gasteiger partial charge in [0.15, 0.2) is 0 Å². The molecule has 1 aliphatic rings. The first-order valence-corrected chi connectivity index (χ1v) is 3.30. The molecular weight excluding hydrogens is 118 g/mol. The summed E-state index contributed by atoms with van der Waals surface area (Å²) in [6, 6.07) is 0. The lowest BCUT2D eigenvalue weighted by molar-refractivity contribution is 0.364. The molecule has 0 saturated heterocycles. The van der Waals surface area contributed by atoms with Crippen LogP contribution in [0.25, 0.3) is 0 Å². The van der Waals surface area contributed by atoms with E-state index < -0.39 is 0 Å². The lowest BCUT2D eigenvalue weighted by Gasteiger charge is -2.18. The second kappa shape index (κ2) is 2.55. The van der Waals surface area contributed by atoms with Crippen molar-refractivity contribution in [3.63, 3.8) is 0 Å². The lowest BCUT2D eigenvalue weighted by Crippen LogP contribution is -2.22. The summed E-state index contributed by atoms with van der Waals surface area (Å²) < 4.78 is 0. The number of likely N-dealkylation sites (N-methyl/N-ethyl adjacent to an activating group) is 1. The van der Waals surface area contributed by atoms with Crippen LogP contribution in [0.2, 0.25) is 0 Å². The Labute approximate surface area is 55.8 Å². The van der Waals surface area contributed by atoms with E-state index >= 15 is 0 Å². The Balaban J connectivity index is 2.42. The normalized spacial score (nSPS) is 23.0. The molecule has 0 N–H and O–H groups in total. The van der Waals surface area contributed by atoms with Crippen LogP contribution in [0, 0.1) is 0 Å². The van der Waals surface area contributed by atoms with Gasteiger partial charge in [-0.05, 0) is 18.4 Å². The van der Waals surface area contributed by atoms with Crippen LogP contribution in [0.1, 0.15) is 6.42 Å². The summed E-state index contributed by atoms with van der Waals surface area (Å²) in [6.45, 7) is 2.23. The molecule has 0 spiro atoms. The average molecular weight is 129 g/mol. The number of nitrogens with zero attached hydrogens (tertiary/aromatic N) is 1. The van der Waals surface area contributed by atoms with E-state index in [1.807, 2.05) is 0 Å². The highest BCUT2D eigenvalue weighted by atomic mass is 32.1. The van der Waals surface area contributed by atoms with E-state index in [-0.39, 0.29) is 0 Å². The van der Waals surface area contributed by atoms with Crippen LogP contribution >= 0.6 is 12.6 Å². The van der Waals surface area contributed by atoms with E-state index in [4.69, 9.17) is 0 Å². The quantitative estimate of drug-likeness (QED) is 0.480. The summed E-state index contributed by atoms with van der Waals surface area (Å²) in [5.74, 6) is 0. The van der Waals surface area contributed by atoms with Crippen LogP contribution in [-0.2, 0) is 0 Å². The Kier molecular flexibility index (Phi) is 1.97. The summed E-state index contributed by atoms with van der Waals surface area (Å²) in [5, 5.41) is 0. The van der Waals surface area contributed by atoms with Crippen LogP contribution < -0.4 is 0 Å². The molecule has 0 aromatic carbocycles. The first-order valence-electron chi connectivity index (χ1n) is 2.85. The Morgan fingerprint density at radius 2 is 2.50 bits per heavy atom. The zero-order valence-corrected chi connectivity index (χ0v) is 5.99. The number of hydrogen-bond acceptors (Lipinski definition) is 2. The monoisotopic (exact) mass is 129 g/mol. The maximum absolute atomic E-state index is 4.24. The van der Waals surface area contributed by atoms with Crippen molar-refractivity contribution in [1.29, 1.82) is 0 Å². The van der Waals surface area contributed by atoms with Crippen LogP contribution in [0.15, 0.2) is 11.0 Å². The molecule has 2 heteroatoms. The molecule has 0 atom stereocenters. The van der Waals surface area contributed by atoms with Crippen LogP contribution in [0.5, 0.6) is 0 Å². The van der Waals surface area contributed by atoms with Gasteiger partial charge in [-0.15, -0.1) is 12.6 Å². The van der Waals surface area contributed by atoms with Crippen molar-refractivity contribution in [2.45, 2.75) is 6.42 Å². The van der Waals surface area contributed by atoms with Crippen molar-refractivity contribution in [2.75, 3.05) is 20.1 Å². The molecule has 1 heterocycles. The third-order valence-corrected chi connectivity index (χ3v) is 1.79. The molecule has 46 valence electrons. The van der Waals surface area contributed by atoms with Gasteiger partial charge in [0, 0.05) is 13.1 Å². The summed E-state index contributed by atoms with van der Waals surface area (Å²) >= 11 is 4.24. The molecule has 0 radical (unpaired) electrons. The topological polar surface area (TPSA) is 3.24 Å². The summed E-state index contributed by atoms with van der Waals surface area (Å²) in [5.41, 5.74) is 0. The van der Waals surface area contributed by atoms with Crippen molar-refractivity contribution in [2.24, 2.45) is 0 Å². The molecule has 8 heavy (non-hydrogen) atoms. The van der Waals surface area contributed by atoms with E-state index in [0.717, 1.165) is 19.5 Å². The fourth-order valence-corrected chi connectivity index (χ4v) is 0.942. The smallest absolute Gasteiger partial charge is 0.0170 e. The van der Waals surface area contributed by atoms with Crippen molar-refractivity contribution in [3.05, 3.63) is 11.0 Å². The van der Waals surface area contributed by atoms with Gasteiger partial charge in [-0.3, -0.25) is 0 Å². The maximum atomic E-state index is 4.24. The number of thiol groups is 1. The molecule has 0 aromatic heterocycles.